The van der Waals surface area contributed by atoms with Gasteiger partial charge in [0.2, 0.25) is 0 Å². The molecule has 0 radical (unpaired) electrons. The zero-order valence-electron chi connectivity index (χ0n) is 5.71. The Morgan fingerprint density at radius 1 is 1.70 bits per heavy atom. The highest BCUT2D eigenvalue weighted by atomic mass is 16.5. The Labute approximate surface area is 59.4 Å². The summed E-state index contributed by atoms with van der Waals surface area (Å²) < 4.78 is 4.71. The summed E-state index contributed by atoms with van der Waals surface area (Å²) >= 11 is 0. The van der Waals surface area contributed by atoms with Crippen LogP contribution in [0.5, 0.6) is 0 Å². The van der Waals surface area contributed by atoms with Crippen molar-refractivity contribution < 1.29 is 4.52 Å². The Morgan fingerprint density at radius 2 is 2.60 bits per heavy atom. The van der Waals surface area contributed by atoms with E-state index in [-0.39, 0.29) is 0 Å². The molecule has 2 rings (SSSR count). The molecule has 1 aliphatic rings. The summed E-state index contributed by atoms with van der Waals surface area (Å²) in [4.78, 5) is 0. The Hall–Kier alpha value is -0.830. The van der Waals surface area contributed by atoms with Gasteiger partial charge in [-0.15, -0.1) is 0 Å². The fourth-order valence-corrected chi connectivity index (χ4v) is 1.13. The second-order valence-corrected chi connectivity index (χ2v) is 2.72. The Balaban J connectivity index is 1.90. The van der Waals surface area contributed by atoms with Crippen LogP contribution in [-0.2, 0) is 6.42 Å². The fourth-order valence-electron chi connectivity index (χ4n) is 1.13. The molecule has 0 saturated carbocycles. The van der Waals surface area contributed by atoms with E-state index >= 15 is 0 Å². The summed E-state index contributed by atoms with van der Waals surface area (Å²) in [7, 11) is 0. The lowest BCUT2D eigenvalue weighted by Crippen LogP contribution is -2.43. The molecule has 0 unspecified atom stereocenters. The number of hydrogen-bond donors (Lipinski definition) is 1. The van der Waals surface area contributed by atoms with E-state index in [4.69, 9.17) is 4.52 Å². The van der Waals surface area contributed by atoms with Crippen LogP contribution in [0.4, 0.5) is 0 Å². The van der Waals surface area contributed by atoms with E-state index in [1.54, 1.807) is 6.26 Å². The molecule has 1 aromatic heterocycles. The van der Waals surface area contributed by atoms with Gasteiger partial charge in [-0.1, -0.05) is 5.16 Å². The predicted molar refractivity (Wildman–Crippen MR) is 36.6 cm³/mol. The van der Waals surface area contributed by atoms with Crippen LogP contribution in [0.25, 0.3) is 0 Å². The summed E-state index contributed by atoms with van der Waals surface area (Å²) in [6.07, 6.45) is 2.69. The third kappa shape index (κ3) is 1.04. The first-order valence-electron chi connectivity index (χ1n) is 3.55. The van der Waals surface area contributed by atoms with Crippen molar-refractivity contribution in [3.05, 3.63) is 18.0 Å². The average Bonchev–Trinajstić information content (AvgIpc) is 2.29. The third-order valence-corrected chi connectivity index (χ3v) is 1.86. The highest BCUT2D eigenvalue weighted by Gasteiger charge is 2.17. The Morgan fingerprint density at radius 3 is 3.10 bits per heavy atom. The minimum atomic E-state index is 0.782. The van der Waals surface area contributed by atoms with Gasteiger partial charge in [-0.25, -0.2) is 0 Å². The van der Waals surface area contributed by atoms with Gasteiger partial charge in [-0.3, -0.25) is 0 Å². The maximum Gasteiger partial charge on any atom is 0.124 e. The van der Waals surface area contributed by atoms with Crippen LogP contribution in [-0.4, -0.2) is 18.2 Å². The highest BCUT2D eigenvalue weighted by molar-refractivity contribution is 4.98. The lowest BCUT2D eigenvalue weighted by molar-refractivity contribution is 0.333. The first-order chi connectivity index (χ1) is 4.95. The van der Waals surface area contributed by atoms with Gasteiger partial charge in [0.1, 0.15) is 6.26 Å². The summed E-state index contributed by atoms with van der Waals surface area (Å²) in [6, 6.07) is 1.93. The van der Waals surface area contributed by atoms with Gasteiger partial charge in [-0.2, -0.15) is 0 Å². The number of aromatic nitrogens is 1. The van der Waals surface area contributed by atoms with Crippen LogP contribution in [0, 0.1) is 5.92 Å². The van der Waals surface area contributed by atoms with Gasteiger partial charge in [-0.05, 0) is 25.4 Å². The maximum absolute atomic E-state index is 4.71. The lowest BCUT2D eigenvalue weighted by Gasteiger charge is -2.25. The summed E-state index contributed by atoms with van der Waals surface area (Å²) in [5.74, 6) is 0.782. The molecule has 1 fully saturated rings. The molecule has 0 aliphatic carbocycles. The van der Waals surface area contributed by atoms with Crippen LogP contribution in [0.1, 0.15) is 5.69 Å². The first kappa shape index (κ1) is 5.92. The molecule has 3 heteroatoms. The molecule has 0 spiro atoms. The molecular formula is C7H10N2O. The van der Waals surface area contributed by atoms with E-state index < -0.39 is 0 Å². The molecule has 0 bridgehead atoms. The van der Waals surface area contributed by atoms with Gasteiger partial charge >= 0.3 is 0 Å². The summed E-state index contributed by atoms with van der Waals surface area (Å²) in [5.41, 5.74) is 1.08. The number of rotatable bonds is 2. The smallest absolute Gasteiger partial charge is 0.124 e. The van der Waals surface area contributed by atoms with Crippen molar-refractivity contribution in [2.45, 2.75) is 6.42 Å². The molecule has 1 saturated heterocycles. The van der Waals surface area contributed by atoms with E-state index in [9.17, 15) is 0 Å². The lowest BCUT2D eigenvalue weighted by atomic mass is 9.98. The molecule has 0 amide bonds. The zero-order valence-corrected chi connectivity index (χ0v) is 5.71. The average molecular weight is 138 g/mol. The first-order valence-corrected chi connectivity index (χ1v) is 3.55. The zero-order chi connectivity index (χ0) is 6.81. The number of nitrogens with one attached hydrogen (secondary N) is 1. The number of nitrogens with zero attached hydrogens (tertiary/aromatic N) is 1. The van der Waals surface area contributed by atoms with Crippen LogP contribution >= 0.6 is 0 Å². The van der Waals surface area contributed by atoms with Crippen LogP contribution < -0.4 is 5.32 Å². The van der Waals surface area contributed by atoms with E-state index in [0.29, 0.717) is 0 Å². The van der Waals surface area contributed by atoms with Crippen molar-refractivity contribution in [2.24, 2.45) is 5.92 Å². The predicted octanol–water partition coefficient (Wildman–Crippen LogP) is 0.436. The van der Waals surface area contributed by atoms with Gasteiger partial charge in [0.15, 0.2) is 0 Å². The normalized spacial score (nSPS) is 18.8. The quantitative estimate of drug-likeness (QED) is 0.644. The van der Waals surface area contributed by atoms with Crippen molar-refractivity contribution in [3.8, 4) is 0 Å². The van der Waals surface area contributed by atoms with Crippen molar-refractivity contribution in [1.82, 2.24) is 10.5 Å². The van der Waals surface area contributed by atoms with Gasteiger partial charge in [0.25, 0.3) is 0 Å². The maximum atomic E-state index is 4.71. The van der Waals surface area contributed by atoms with Crippen molar-refractivity contribution in [3.63, 3.8) is 0 Å². The second kappa shape index (κ2) is 2.42. The van der Waals surface area contributed by atoms with Gasteiger partial charge in [0, 0.05) is 6.07 Å². The fraction of sp³-hybridized carbons (Fsp3) is 0.571. The van der Waals surface area contributed by atoms with Gasteiger partial charge in [0.05, 0.1) is 5.69 Å². The molecular weight excluding hydrogens is 128 g/mol. The second-order valence-electron chi connectivity index (χ2n) is 2.72. The van der Waals surface area contributed by atoms with E-state index in [0.717, 1.165) is 31.1 Å². The Kier molecular flexibility index (Phi) is 1.43. The van der Waals surface area contributed by atoms with E-state index in [2.05, 4.69) is 10.5 Å². The molecule has 3 nitrogen and oxygen atoms in total. The SMILES string of the molecule is c1cc(CC2CNC2)no1. The Bertz CT molecular complexity index is 191. The monoisotopic (exact) mass is 138 g/mol. The topological polar surface area (TPSA) is 38.1 Å². The molecule has 1 aliphatic heterocycles. The molecule has 2 heterocycles. The summed E-state index contributed by atoms with van der Waals surface area (Å²) in [5, 5.41) is 7.05. The molecule has 0 aromatic carbocycles. The molecule has 0 atom stereocenters. The minimum Gasteiger partial charge on any atom is -0.365 e. The highest BCUT2D eigenvalue weighted by Crippen LogP contribution is 2.09. The van der Waals surface area contributed by atoms with Crippen LogP contribution in [0.15, 0.2) is 16.9 Å². The standard InChI is InChI=1S/C7H10N2O/c1-2-10-9-7(1)3-6-4-8-5-6/h1-2,6,8H,3-5H2. The summed E-state index contributed by atoms with van der Waals surface area (Å²) in [6.45, 7) is 2.26. The van der Waals surface area contributed by atoms with E-state index in [1.807, 2.05) is 6.07 Å². The third-order valence-electron chi connectivity index (χ3n) is 1.86. The molecule has 1 aromatic rings. The molecule has 1 N–H and O–H groups in total. The van der Waals surface area contributed by atoms with Crippen molar-refractivity contribution >= 4 is 0 Å². The van der Waals surface area contributed by atoms with Crippen molar-refractivity contribution in [2.75, 3.05) is 13.1 Å². The largest absolute Gasteiger partial charge is 0.365 e. The van der Waals surface area contributed by atoms with Crippen LogP contribution in [0.2, 0.25) is 0 Å². The van der Waals surface area contributed by atoms with Crippen LogP contribution in [0.3, 0.4) is 0 Å². The number of hydrogen-bond acceptors (Lipinski definition) is 3. The van der Waals surface area contributed by atoms with Gasteiger partial charge < -0.3 is 9.84 Å². The minimum absolute atomic E-state index is 0.782. The molecule has 10 heavy (non-hydrogen) atoms. The van der Waals surface area contributed by atoms with E-state index in [1.165, 1.54) is 0 Å². The molecule has 54 valence electrons. The van der Waals surface area contributed by atoms with Crippen molar-refractivity contribution in [1.29, 1.82) is 0 Å².